The van der Waals surface area contributed by atoms with E-state index in [2.05, 4.69) is 11.4 Å². The van der Waals surface area contributed by atoms with Gasteiger partial charge in [0.1, 0.15) is 5.75 Å². The number of ether oxygens (including phenoxy) is 1. The topological polar surface area (TPSA) is 47.3 Å². The molecule has 0 saturated heterocycles. The molecule has 4 heteroatoms. The van der Waals surface area contributed by atoms with Crippen molar-refractivity contribution < 1.29 is 4.74 Å². The van der Waals surface area contributed by atoms with E-state index in [1.54, 1.807) is 18.4 Å². The van der Waals surface area contributed by atoms with Crippen molar-refractivity contribution in [3.05, 3.63) is 46.2 Å². The molecule has 90 valence electrons. The Kier molecular flexibility index (Phi) is 4.01. The summed E-state index contributed by atoms with van der Waals surface area (Å²) in [6.07, 6.45) is 0. The van der Waals surface area contributed by atoms with Crippen LogP contribution in [-0.2, 0) is 13.1 Å². The third-order valence-electron chi connectivity index (χ3n) is 2.57. The van der Waals surface area contributed by atoms with Crippen molar-refractivity contribution >= 4 is 17.0 Å². The van der Waals surface area contributed by atoms with Gasteiger partial charge < -0.3 is 15.8 Å². The van der Waals surface area contributed by atoms with E-state index >= 15 is 0 Å². The molecule has 0 aliphatic heterocycles. The minimum Gasteiger partial charge on any atom is -0.496 e. The Morgan fingerprint density at radius 3 is 2.76 bits per heavy atom. The lowest BCUT2D eigenvalue weighted by molar-refractivity contribution is 0.407. The van der Waals surface area contributed by atoms with Gasteiger partial charge >= 0.3 is 0 Å². The summed E-state index contributed by atoms with van der Waals surface area (Å²) in [7, 11) is 1.69. The minimum absolute atomic E-state index is 0.779. The number of anilines is 1. The fourth-order valence-electron chi connectivity index (χ4n) is 1.65. The molecule has 2 aromatic rings. The molecular formula is C13H16N2OS. The highest BCUT2D eigenvalue weighted by Gasteiger charge is 2.03. The summed E-state index contributed by atoms with van der Waals surface area (Å²) >= 11 is 1.68. The van der Waals surface area contributed by atoms with Crippen LogP contribution in [-0.4, -0.2) is 7.11 Å². The van der Waals surface area contributed by atoms with E-state index in [9.17, 15) is 0 Å². The van der Waals surface area contributed by atoms with E-state index in [1.165, 1.54) is 4.88 Å². The molecule has 0 aliphatic carbocycles. The number of benzene rings is 1. The van der Waals surface area contributed by atoms with Gasteiger partial charge in [-0.25, -0.2) is 0 Å². The minimum atomic E-state index is 0.779. The SMILES string of the molecule is COc1ccccc1CNCc1sccc1N. The Morgan fingerprint density at radius 2 is 2.06 bits per heavy atom. The number of methoxy groups -OCH3 is 1. The van der Waals surface area contributed by atoms with Crippen molar-refractivity contribution in [3.63, 3.8) is 0 Å². The van der Waals surface area contributed by atoms with Gasteiger partial charge in [-0.2, -0.15) is 0 Å². The van der Waals surface area contributed by atoms with Crippen molar-refractivity contribution in [2.24, 2.45) is 0 Å². The molecule has 1 aromatic carbocycles. The van der Waals surface area contributed by atoms with Crippen molar-refractivity contribution in [2.75, 3.05) is 12.8 Å². The van der Waals surface area contributed by atoms with Gasteiger partial charge in [0.15, 0.2) is 0 Å². The molecule has 1 aromatic heterocycles. The zero-order valence-corrected chi connectivity index (χ0v) is 10.6. The lowest BCUT2D eigenvalue weighted by Gasteiger charge is -2.09. The van der Waals surface area contributed by atoms with Gasteiger partial charge in [0.25, 0.3) is 0 Å². The van der Waals surface area contributed by atoms with Gasteiger partial charge in [-0.1, -0.05) is 18.2 Å². The van der Waals surface area contributed by atoms with Gasteiger partial charge in [-0.15, -0.1) is 11.3 Å². The molecule has 2 rings (SSSR count). The van der Waals surface area contributed by atoms with Crippen LogP contribution in [0.1, 0.15) is 10.4 Å². The summed E-state index contributed by atoms with van der Waals surface area (Å²) < 4.78 is 5.29. The van der Waals surface area contributed by atoms with E-state index in [1.807, 2.05) is 29.6 Å². The Bertz CT molecular complexity index is 482. The van der Waals surface area contributed by atoms with Crippen LogP contribution in [0.3, 0.4) is 0 Å². The Labute approximate surface area is 105 Å². The second-order valence-electron chi connectivity index (χ2n) is 3.71. The maximum Gasteiger partial charge on any atom is 0.123 e. The maximum absolute atomic E-state index is 5.82. The number of para-hydroxylation sites is 1. The second-order valence-corrected chi connectivity index (χ2v) is 4.72. The lowest BCUT2D eigenvalue weighted by Crippen LogP contribution is -2.13. The van der Waals surface area contributed by atoms with Crippen molar-refractivity contribution in [3.8, 4) is 5.75 Å². The predicted molar refractivity (Wildman–Crippen MR) is 72.3 cm³/mol. The smallest absolute Gasteiger partial charge is 0.123 e. The molecule has 0 unspecified atom stereocenters. The number of rotatable bonds is 5. The van der Waals surface area contributed by atoms with Crippen molar-refractivity contribution in [1.29, 1.82) is 0 Å². The van der Waals surface area contributed by atoms with Gasteiger partial charge in [0.05, 0.1) is 7.11 Å². The Hall–Kier alpha value is -1.52. The fourth-order valence-corrected chi connectivity index (χ4v) is 2.42. The van der Waals surface area contributed by atoms with Crippen LogP contribution in [0, 0.1) is 0 Å². The first-order valence-corrected chi connectivity index (χ1v) is 6.33. The molecule has 17 heavy (non-hydrogen) atoms. The summed E-state index contributed by atoms with van der Waals surface area (Å²) in [5, 5.41) is 5.38. The molecule has 0 radical (unpaired) electrons. The molecule has 0 fully saturated rings. The molecule has 0 spiro atoms. The van der Waals surface area contributed by atoms with Gasteiger partial charge in [-0.05, 0) is 17.5 Å². The highest BCUT2D eigenvalue weighted by molar-refractivity contribution is 7.10. The second kappa shape index (κ2) is 5.70. The van der Waals surface area contributed by atoms with Gasteiger partial charge in [0, 0.05) is 29.2 Å². The average Bonchev–Trinajstić information content (AvgIpc) is 2.76. The third kappa shape index (κ3) is 2.99. The standard InChI is InChI=1S/C13H16N2OS/c1-16-12-5-3-2-4-10(12)8-15-9-13-11(14)6-7-17-13/h2-7,15H,8-9,14H2,1H3. The highest BCUT2D eigenvalue weighted by atomic mass is 32.1. The summed E-state index contributed by atoms with van der Waals surface area (Å²) in [4.78, 5) is 1.18. The normalized spacial score (nSPS) is 10.4. The van der Waals surface area contributed by atoms with E-state index < -0.39 is 0 Å². The first-order chi connectivity index (χ1) is 8.31. The first kappa shape index (κ1) is 12.0. The molecule has 0 amide bonds. The van der Waals surface area contributed by atoms with E-state index in [0.717, 1.165) is 30.1 Å². The number of thiophene rings is 1. The summed E-state index contributed by atoms with van der Waals surface area (Å²) in [6, 6.07) is 9.95. The van der Waals surface area contributed by atoms with Crippen molar-refractivity contribution in [1.82, 2.24) is 5.32 Å². The van der Waals surface area contributed by atoms with Crippen LogP contribution in [0.15, 0.2) is 35.7 Å². The average molecular weight is 248 g/mol. The molecule has 1 heterocycles. The third-order valence-corrected chi connectivity index (χ3v) is 3.51. The molecule has 0 bridgehead atoms. The Balaban J connectivity index is 1.92. The number of nitrogens with two attached hydrogens (primary N) is 1. The van der Waals surface area contributed by atoms with Gasteiger partial charge in [-0.3, -0.25) is 0 Å². The monoisotopic (exact) mass is 248 g/mol. The highest BCUT2D eigenvalue weighted by Crippen LogP contribution is 2.20. The maximum atomic E-state index is 5.82. The van der Waals surface area contributed by atoms with E-state index in [4.69, 9.17) is 10.5 Å². The lowest BCUT2D eigenvalue weighted by atomic mass is 10.2. The number of nitrogen functional groups attached to an aromatic ring is 1. The van der Waals surface area contributed by atoms with Crippen LogP contribution in [0.4, 0.5) is 5.69 Å². The van der Waals surface area contributed by atoms with Gasteiger partial charge in [0.2, 0.25) is 0 Å². The molecule has 0 atom stereocenters. The quantitative estimate of drug-likeness (QED) is 0.855. The molecule has 0 aliphatic rings. The fraction of sp³-hybridized carbons (Fsp3) is 0.231. The molecule has 3 N–H and O–H groups in total. The molecule has 0 saturated carbocycles. The summed E-state index contributed by atoms with van der Waals surface area (Å²) in [6.45, 7) is 1.57. The summed E-state index contributed by atoms with van der Waals surface area (Å²) in [5.41, 5.74) is 7.84. The van der Waals surface area contributed by atoms with E-state index in [-0.39, 0.29) is 0 Å². The van der Waals surface area contributed by atoms with Crippen LogP contribution in [0.5, 0.6) is 5.75 Å². The summed E-state index contributed by atoms with van der Waals surface area (Å²) in [5.74, 6) is 0.916. The van der Waals surface area contributed by atoms with Crippen LogP contribution in [0.25, 0.3) is 0 Å². The predicted octanol–water partition coefficient (Wildman–Crippen LogP) is 2.63. The molecular weight excluding hydrogens is 232 g/mol. The number of hydrogen-bond acceptors (Lipinski definition) is 4. The van der Waals surface area contributed by atoms with Crippen LogP contribution >= 0.6 is 11.3 Å². The van der Waals surface area contributed by atoms with Crippen LogP contribution < -0.4 is 15.8 Å². The Morgan fingerprint density at radius 1 is 1.24 bits per heavy atom. The first-order valence-electron chi connectivity index (χ1n) is 5.45. The van der Waals surface area contributed by atoms with Crippen molar-refractivity contribution in [2.45, 2.75) is 13.1 Å². The number of hydrogen-bond donors (Lipinski definition) is 2. The number of nitrogens with one attached hydrogen (secondary N) is 1. The van der Waals surface area contributed by atoms with Crippen LogP contribution in [0.2, 0.25) is 0 Å². The largest absolute Gasteiger partial charge is 0.496 e. The zero-order valence-electron chi connectivity index (χ0n) is 9.77. The molecule has 3 nitrogen and oxygen atoms in total. The zero-order chi connectivity index (χ0) is 12.1. The van der Waals surface area contributed by atoms with E-state index in [0.29, 0.717) is 0 Å².